The number of thiophene rings is 1. The standard InChI is InChI=1S/C16H14ClNS2/c1-10-5-6-11(2)12(8-10)15-14(9-17)20-16(18-15)13-4-3-7-19-13/h3-8H,9H2,1-2H3. The molecule has 0 radical (unpaired) electrons. The van der Waals surface area contributed by atoms with E-state index in [4.69, 9.17) is 16.6 Å². The quantitative estimate of drug-likeness (QED) is 0.548. The zero-order valence-corrected chi connectivity index (χ0v) is 13.7. The van der Waals surface area contributed by atoms with Gasteiger partial charge in [-0.3, -0.25) is 0 Å². The van der Waals surface area contributed by atoms with E-state index in [1.165, 1.54) is 21.6 Å². The molecular weight excluding hydrogens is 306 g/mol. The summed E-state index contributed by atoms with van der Waals surface area (Å²) < 4.78 is 0. The molecule has 20 heavy (non-hydrogen) atoms. The molecule has 1 aromatic carbocycles. The fraction of sp³-hybridized carbons (Fsp3) is 0.188. The topological polar surface area (TPSA) is 12.9 Å². The molecule has 0 fully saturated rings. The number of aryl methyl sites for hydroxylation is 2. The Morgan fingerprint density at radius 1 is 1.20 bits per heavy atom. The van der Waals surface area contributed by atoms with Gasteiger partial charge in [0.25, 0.3) is 0 Å². The highest BCUT2D eigenvalue weighted by Crippen LogP contribution is 2.37. The van der Waals surface area contributed by atoms with E-state index in [0.29, 0.717) is 5.88 Å². The molecule has 102 valence electrons. The summed E-state index contributed by atoms with van der Waals surface area (Å²) in [7, 11) is 0. The van der Waals surface area contributed by atoms with Crippen molar-refractivity contribution in [2.45, 2.75) is 19.7 Å². The van der Waals surface area contributed by atoms with E-state index in [-0.39, 0.29) is 0 Å². The number of rotatable bonds is 3. The molecule has 3 aromatic rings. The highest BCUT2D eigenvalue weighted by atomic mass is 35.5. The van der Waals surface area contributed by atoms with Crippen molar-refractivity contribution in [2.75, 3.05) is 0 Å². The number of benzene rings is 1. The minimum absolute atomic E-state index is 0.506. The molecule has 1 nitrogen and oxygen atoms in total. The maximum atomic E-state index is 6.12. The van der Waals surface area contributed by atoms with Crippen LogP contribution in [0.5, 0.6) is 0 Å². The fourth-order valence-corrected chi connectivity index (χ4v) is 4.16. The van der Waals surface area contributed by atoms with Crippen molar-refractivity contribution in [3.05, 3.63) is 51.7 Å². The molecule has 0 saturated heterocycles. The van der Waals surface area contributed by atoms with Crippen LogP contribution in [0.2, 0.25) is 0 Å². The first-order valence-electron chi connectivity index (χ1n) is 6.36. The van der Waals surface area contributed by atoms with Crippen LogP contribution in [0, 0.1) is 13.8 Å². The molecule has 3 rings (SSSR count). The number of nitrogens with zero attached hydrogens (tertiary/aromatic N) is 1. The second kappa shape index (κ2) is 5.68. The molecule has 0 aliphatic carbocycles. The van der Waals surface area contributed by atoms with E-state index in [0.717, 1.165) is 15.6 Å². The normalized spacial score (nSPS) is 10.9. The Hall–Kier alpha value is -1.16. The Labute approximate surface area is 131 Å². The molecule has 4 heteroatoms. The van der Waals surface area contributed by atoms with Gasteiger partial charge in [0.15, 0.2) is 0 Å². The van der Waals surface area contributed by atoms with Crippen LogP contribution in [-0.4, -0.2) is 4.98 Å². The Balaban J connectivity index is 2.16. The monoisotopic (exact) mass is 319 g/mol. The van der Waals surface area contributed by atoms with Gasteiger partial charge in [0.2, 0.25) is 0 Å². The van der Waals surface area contributed by atoms with E-state index in [1.807, 2.05) is 0 Å². The molecule has 0 bridgehead atoms. The first-order valence-corrected chi connectivity index (χ1v) is 8.59. The molecular formula is C16H14ClNS2. The van der Waals surface area contributed by atoms with Gasteiger partial charge in [-0.05, 0) is 36.9 Å². The van der Waals surface area contributed by atoms with E-state index in [1.54, 1.807) is 22.7 Å². The minimum atomic E-state index is 0.506. The summed E-state index contributed by atoms with van der Waals surface area (Å²) in [4.78, 5) is 7.19. The number of alkyl halides is 1. The van der Waals surface area contributed by atoms with E-state index in [2.05, 4.69) is 49.6 Å². The second-order valence-corrected chi connectivity index (χ2v) is 7.02. The Bertz CT molecular complexity index is 729. The highest BCUT2D eigenvalue weighted by molar-refractivity contribution is 7.21. The summed E-state index contributed by atoms with van der Waals surface area (Å²) in [6.07, 6.45) is 0. The van der Waals surface area contributed by atoms with Gasteiger partial charge in [0.05, 0.1) is 16.5 Å². The lowest BCUT2D eigenvalue weighted by Crippen LogP contribution is -1.88. The molecule has 2 heterocycles. The van der Waals surface area contributed by atoms with Gasteiger partial charge in [-0.15, -0.1) is 34.3 Å². The number of aromatic nitrogens is 1. The Morgan fingerprint density at radius 3 is 2.75 bits per heavy atom. The molecule has 0 saturated carbocycles. The van der Waals surface area contributed by atoms with Crippen molar-refractivity contribution in [1.29, 1.82) is 0 Å². The van der Waals surface area contributed by atoms with Crippen LogP contribution >= 0.6 is 34.3 Å². The van der Waals surface area contributed by atoms with Gasteiger partial charge < -0.3 is 0 Å². The summed E-state index contributed by atoms with van der Waals surface area (Å²) in [5.41, 5.74) is 4.72. The van der Waals surface area contributed by atoms with Gasteiger partial charge in [0.1, 0.15) is 5.01 Å². The SMILES string of the molecule is Cc1ccc(C)c(-c2nc(-c3cccs3)sc2CCl)c1. The molecule has 0 spiro atoms. The van der Waals surface area contributed by atoms with Crippen molar-refractivity contribution in [1.82, 2.24) is 4.98 Å². The van der Waals surface area contributed by atoms with Crippen LogP contribution in [-0.2, 0) is 5.88 Å². The maximum absolute atomic E-state index is 6.12. The third-order valence-electron chi connectivity index (χ3n) is 3.20. The summed E-state index contributed by atoms with van der Waals surface area (Å²) in [5, 5.41) is 3.14. The van der Waals surface area contributed by atoms with Gasteiger partial charge in [0, 0.05) is 10.4 Å². The second-order valence-electron chi connectivity index (χ2n) is 4.72. The first-order chi connectivity index (χ1) is 9.69. The van der Waals surface area contributed by atoms with Gasteiger partial charge in [-0.2, -0.15) is 0 Å². The Kier molecular flexibility index (Phi) is 3.92. The highest BCUT2D eigenvalue weighted by Gasteiger charge is 2.15. The van der Waals surface area contributed by atoms with E-state index >= 15 is 0 Å². The van der Waals surface area contributed by atoms with Crippen molar-refractivity contribution >= 4 is 34.3 Å². The Morgan fingerprint density at radius 2 is 2.05 bits per heavy atom. The van der Waals surface area contributed by atoms with Gasteiger partial charge >= 0.3 is 0 Å². The third-order valence-corrected chi connectivity index (χ3v) is 5.72. The predicted octanol–water partition coefficient (Wildman–Crippen LogP) is 5.89. The molecule has 0 atom stereocenters. The summed E-state index contributed by atoms with van der Waals surface area (Å²) in [6.45, 7) is 4.23. The number of hydrogen-bond acceptors (Lipinski definition) is 3. The van der Waals surface area contributed by atoms with Crippen molar-refractivity contribution in [3.8, 4) is 21.1 Å². The molecule has 0 N–H and O–H groups in total. The fourth-order valence-electron chi connectivity index (χ4n) is 2.15. The molecule has 0 aliphatic heterocycles. The zero-order chi connectivity index (χ0) is 14.1. The summed E-state index contributed by atoms with van der Waals surface area (Å²) in [5.74, 6) is 0.506. The maximum Gasteiger partial charge on any atom is 0.134 e. The lowest BCUT2D eigenvalue weighted by atomic mass is 10.0. The molecule has 0 aliphatic rings. The van der Waals surface area contributed by atoms with Crippen LogP contribution in [0.4, 0.5) is 0 Å². The summed E-state index contributed by atoms with van der Waals surface area (Å²) in [6, 6.07) is 10.6. The third kappa shape index (κ3) is 2.53. The number of halogens is 1. The zero-order valence-electron chi connectivity index (χ0n) is 11.3. The predicted molar refractivity (Wildman–Crippen MR) is 89.9 cm³/mol. The number of hydrogen-bond donors (Lipinski definition) is 0. The molecule has 2 aromatic heterocycles. The van der Waals surface area contributed by atoms with Crippen molar-refractivity contribution in [2.24, 2.45) is 0 Å². The largest absolute Gasteiger partial charge is 0.235 e. The van der Waals surface area contributed by atoms with Gasteiger partial charge in [-0.25, -0.2) is 4.98 Å². The van der Waals surface area contributed by atoms with Crippen molar-refractivity contribution < 1.29 is 0 Å². The first kappa shape index (κ1) is 13.8. The minimum Gasteiger partial charge on any atom is -0.235 e. The van der Waals surface area contributed by atoms with E-state index in [9.17, 15) is 0 Å². The molecule has 0 unspecified atom stereocenters. The number of thiazole rings is 1. The summed E-state index contributed by atoms with van der Waals surface area (Å²) >= 11 is 9.53. The van der Waals surface area contributed by atoms with Crippen molar-refractivity contribution in [3.63, 3.8) is 0 Å². The van der Waals surface area contributed by atoms with Crippen LogP contribution < -0.4 is 0 Å². The van der Waals surface area contributed by atoms with Crippen LogP contribution in [0.1, 0.15) is 16.0 Å². The average molecular weight is 320 g/mol. The lowest BCUT2D eigenvalue weighted by molar-refractivity contribution is 1.31. The van der Waals surface area contributed by atoms with Crippen LogP contribution in [0.3, 0.4) is 0 Å². The molecule has 0 amide bonds. The average Bonchev–Trinajstić information content (AvgIpc) is 3.09. The van der Waals surface area contributed by atoms with Gasteiger partial charge in [-0.1, -0.05) is 23.8 Å². The lowest BCUT2D eigenvalue weighted by Gasteiger charge is -2.05. The van der Waals surface area contributed by atoms with E-state index < -0.39 is 0 Å². The smallest absolute Gasteiger partial charge is 0.134 e. The van der Waals surface area contributed by atoms with Crippen LogP contribution in [0.15, 0.2) is 35.7 Å². The van der Waals surface area contributed by atoms with Crippen LogP contribution in [0.25, 0.3) is 21.1 Å².